The highest BCUT2D eigenvalue weighted by molar-refractivity contribution is 5.83. The van der Waals surface area contributed by atoms with Crippen molar-refractivity contribution in [2.24, 2.45) is 11.8 Å². The van der Waals surface area contributed by atoms with Crippen molar-refractivity contribution in [3.8, 4) is 0 Å². The van der Waals surface area contributed by atoms with Gasteiger partial charge >= 0.3 is 0 Å². The molecule has 4 atom stereocenters. The number of hydrogen-bond acceptors (Lipinski definition) is 3. The van der Waals surface area contributed by atoms with E-state index in [1.807, 2.05) is 13.8 Å². The van der Waals surface area contributed by atoms with Crippen LogP contribution in [0.15, 0.2) is 11.6 Å². The summed E-state index contributed by atoms with van der Waals surface area (Å²) in [6, 6.07) is 0. The largest absolute Gasteiger partial charge is 0.346 e. The van der Waals surface area contributed by atoms with E-state index in [9.17, 15) is 4.79 Å². The Bertz CT molecular complexity index is 372. The van der Waals surface area contributed by atoms with Crippen LogP contribution in [0.2, 0.25) is 0 Å². The molecule has 0 N–H and O–H groups in total. The summed E-state index contributed by atoms with van der Waals surface area (Å²) in [5, 5.41) is 0. The quantitative estimate of drug-likeness (QED) is 0.707. The molecule has 0 aromatic rings. The van der Waals surface area contributed by atoms with E-state index in [0.29, 0.717) is 11.7 Å². The molecule has 3 aliphatic rings. The standard InChI is InChI=1S/C15H22O3/c1-9(2)17-13-8-11-7-6-10-4-3-5-12(16)14(10)15(11)18-13/h8-10,13-15H,3-7H2,1-2H3/t10-,13?,14+,15?/m1/s1. The van der Waals surface area contributed by atoms with Crippen LogP contribution in [0, 0.1) is 11.8 Å². The highest BCUT2D eigenvalue weighted by Crippen LogP contribution is 2.45. The summed E-state index contributed by atoms with van der Waals surface area (Å²) < 4.78 is 11.7. The molecular weight excluding hydrogens is 228 g/mol. The molecule has 18 heavy (non-hydrogen) atoms. The van der Waals surface area contributed by atoms with Crippen LogP contribution in [-0.2, 0) is 14.3 Å². The van der Waals surface area contributed by atoms with Crippen molar-refractivity contribution < 1.29 is 14.3 Å². The van der Waals surface area contributed by atoms with Crippen molar-refractivity contribution in [2.45, 2.75) is 64.4 Å². The third kappa shape index (κ3) is 2.14. The third-order valence-corrected chi connectivity index (χ3v) is 4.41. The minimum atomic E-state index is -0.238. The van der Waals surface area contributed by atoms with Gasteiger partial charge in [-0.15, -0.1) is 0 Å². The van der Waals surface area contributed by atoms with Crippen molar-refractivity contribution in [3.05, 3.63) is 11.6 Å². The summed E-state index contributed by atoms with van der Waals surface area (Å²) in [5.41, 5.74) is 1.30. The molecule has 2 unspecified atom stereocenters. The van der Waals surface area contributed by atoms with Gasteiger partial charge in [0.2, 0.25) is 0 Å². The molecule has 0 amide bonds. The van der Waals surface area contributed by atoms with Crippen molar-refractivity contribution in [3.63, 3.8) is 0 Å². The highest BCUT2D eigenvalue weighted by Gasteiger charge is 2.46. The summed E-state index contributed by atoms with van der Waals surface area (Å²) in [5.74, 6) is 1.07. The van der Waals surface area contributed by atoms with Gasteiger partial charge < -0.3 is 9.47 Å². The van der Waals surface area contributed by atoms with E-state index in [4.69, 9.17) is 9.47 Å². The van der Waals surface area contributed by atoms with Crippen LogP contribution in [0.3, 0.4) is 0 Å². The second kappa shape index (κ2) is 4.78. The molecule has 0 spiro atoms. The second-order valence-electron chi connectivity index (χ2n) is 6.03. The molecule has 0 radical (unpaired) electrons. The van der Waals surface area contributed by atoms with Gasteiger partial charge in [0.05, 0.1) is 18.1 Å². The van der Waals surface area contributed by atoms with Gasteiger partial charge in [-0.1, -0.05) is 0 Å². The minimum Gasteiger partial charge on any atom is -0.346 e. The predicted molar refractivity (Wildman–Crippen MR) is 68.0 cm³/mol. The fraction of sp³-hybridized carbons (Fsp3) is 0.800. The van der Waals surface area contributed by atoms with Gasteiger partial charge in [-0.25, -0.2) is 0 Å². The first-order chi connectivity index (χ1) is 8.65. The van der Waals surface area contributed by atoms with E-state index in [2.05, 4.69) is 6.08 Å². The lowest BCUT2D eigenvalue weighted by molar-refractivity contribution is -0.164. The molecule has 1 aliphatic heterocycles. The Balaban J connectivity index is 1.76. The number of carbonyl (C=O) groups is 1. The maximum atomic E-state index is 12.2. The van der Waals surface area contributed by atoms with Crippen LogP contribution in [0.4, 0.5) is 0 Å². The smallest absolute Gasteiger partial charge is 0.178 e. The summed E-state index contributed by atoms with van der Waals surface area (Å²) >= 11 is 0. The Morgan fingerprint density at radius 1 is 1.33 bits per heavy atom. The average molecular weight is 250 g/mol. The zero-order valence-electron chi connectivity index (χ0n) is 11.2. The van der Waals surface area contributed by atoms with Gasteiger partial charge in [0.1, 0.15) is 5.78 Å². The Kier molecular flexibility index (Phi) is 3.29. The molecule has 3 nitrogen and oxygen atoms in total. The molecule has 1 heterocycles. The topological polar surface area (TPSA) is 35.5 Å². The lowest BCUT2D eigenvalue weighted by atomic mass is 9.67. The second-order valence-corrected chi connectivity index (χ2v) is 6.03. The van der Waals surface area contributed by atoms with Crippen molar-refractivity contribution >= 4 is 5.78 Å². The van der Waals surface area contributed by atoms with Crippen LogP contribution >= 0.6 is 0 Å². The number of Topliss-reactive ketones (excluding diaryl/α,β-unsaturated/α-hetero) is 1. The molecular formula is C15H22O3. The maximum absolute atomic E-state index is 12.2. The van der Waals surface area contributed by atoms with Crippen LogP contribution in [-0.4, -0.2) is 24.3 Å². The lowest BCUT2D eigenvalue weighted by Gasteiger charge is -2.39. The lowest BCUT2D eigenvalue weighted by Crippen LogP contribution is -2.42. The minimum absolute atomic E-state index is 0.0142. The number of fused-ring (bicyclic) bond motifs is 3. The molecule has 3 rings (SSSR count). The summed E-state index contributed by atoms with van der Waals surface area (Å²) in [7, 11) is 0. The highest BCUT2D eigenvalue weighted by atomic mass is 16.7. The van der Waals surface area contributed by atoms with Crippen molar-refractivity contribution in [1.29, 1.82) is 0 Å². The van der Waals surface area contributed by atoms with Gasteiger partial charge in [-0.05, 0) is 57.1 Å². The molecule has 2 fully saturated rings. The van der Waals surface area contributed by atoms with Gasteiger partial charge in [0, 0.05) is 6.42 Å². The molecule has 0 aromatic heterocycles. The maximum Gasteiger partial charge on any atom is 0.178 e. The van der Waals surface area contributed by atoms with E-state index >= 15 is 0 Å². The Hall–Kier alpha value is -0.670. The van der Waals surface area contributed by atoms with Gasteiger partial charge in [-0.2, -0.15) is 0 Å². The van der Waals surface area contributed by atoms with Crippen LogP contribution in [0.5, 0.6) is 0 Å². The predicted octanol–water partition coefficient (Wildman–Crippen LogP) is 2.84. The van der Waals surface area contributed by atoms with E-state index in [1.54, 1.807) is 0 Å². The summed E-state index contributed by atoms with van der Waals surface area (Å²) in [4.78, 5) is 12.2. The van der Waals surface area contributed by atoms with Gasteiger partial charge in [-0.3, -0.25) is 4.79 Å². The van der Waals surface area contributed by atoms with Crippen LogP contribution in [0.25, 0.3) is 0 Å². The molecule has 100 valence electrons. The first-order valence-corrected chi connectivity index (χ1v) is 7.19. The van der Waals surface area contributed by atoms with E-state index in [-0.39, 0.29) is 24.4 Å². The Morgan fingerprint density at radius 3 is 2.94 bits per heavy atom. The van der Waals surface area contributed by atoms with E-state index in [1.165, 1.54) is 12.0 Å². The monoisotopic (exact) mass is 250 g/mol. The first-order valence-electron chi connectivity index (χ1n) is 7.19. The number of carbonyl (C=O) groups excluding carboxylic acids is 1. The summed E-state index contributed by atoms with van der Waals surface area (Å²) in [6.45, 7) is 4.02. The third-order valence-electron chi connectivity index (χ3n) is 4.41. The van der Waals surface area contributed by atoms with Crippen LogP contribution in [0.1, 0.15) is 46.0 Å². The summed E-state index contributed by atoms with van der Waals surface area (Å²) in [6.07, 6.45) is 7.26. The Labute approximate surface area is 109 Å². The molecule has 3 heteroatoms. The number of ketones is 1. The van der Waals surface area contributed by atoms with Crippen molar-refractivity contribution in [2.75, 3.05) is 0 Å². The van der Waals surface area contributed by atoms with E-state index < -0.39 is 0 Å². The molecule has 0 bridgehead atoms. The molecule has 0 aromatic carbocycles. The average Bonchev–Trinajstić information content (AvgIpc) is 2.70. The zero-order valence-corrected chi connectivity index (χ0v) is 11.2. The van der Waals surface area contributed by atoms with E-state index in [0.717, 1.165) is 25.7 Å². The molecule has 0 saturated heterocycles. The van der Waals surface area contributed by atoms with Gasteiger partial charge in [0.15, 0.2) is 6.29 Å². The molecule has 2 saturated carbocycles. The SMILES string of the molecule is CC(C)OC1C=C2CC[C@H]3CCCC(=O)[C@H]3C2O1. The first kappa shape index (κ1) is 12.4. The number of ether oxygens (including phenoxy) is 2. The molecule has 2 aliphatic carbocycles. The fourth-order valence-corrected chi connectivity index (χ4v) is 3.66. The number of rotatable bonds is 2. The fourth-order valence-electron chi connectivity index (χ4n) is 3.66. The zero-order chi connectivity index (χ0) is 12.7. The van der Waals surface area contributed by atoms with Gasteiger partial charge in [0.25, 0.3) is 0 Å². The normalized spacial score (nSPS) is 39.5. The van der Waals surface area contributed by atoms with Crippen molar-refractivity contribution in [1.82, 2.24) is 0 Å². The number of hydrogen-bond donors (Lipinski definition) is 0. The van der Waals surface area contributed by atoms with Crippen LogP contribution < -0.4 is 0 Å². The Morgan fingerprint density at radius 2 is 2.17 bits per heavy atom.